The Bertz CT molecular complexity index is 249. The predicted octanol–water partition coefficient (Wildman–Crippen LogP) is -0.943. The lowest BCUT2D eigenvalue weighted by Crippen LogP contribution is -3.01. The van der Waals surface area contributed by atoms with Gasteiger partial charge in [-0.2, -0.15) is 0 Å². The van der Waals surface area contributed by atoms with E-state index in [1.807, 2.05) is 34.8 Å². The maximum Gasteiger partial charge on any atom is 0.279 e. The number of quaternary nitrogens is 1. The molecule has 0 spiro atoms. The summed E-state index contributed by atoms with van der Waals surface area (Å²) in [6, 6.07) is 0. The predicted molar refractivity (Wildman–Crippen MR) is 48.4 cm³/mol. The molecule has 0 fully saturated rings. The number of nitrogens with two attached hydrogens (primary N) is 1. The maximum absolute atomic E-state index is 2.19. The van der Waals surface area contributed by atoms with Crippen LogP contribution in [0.4, 0.5) is 0 Å². The van der Waals surface area contributed by atoms with E-state index in [-0.39, 0.29) is 5.54 Å². The first kappa shape index (κ1) is 9.32. The van der Waals surface area contributed by atoms with Crippen molar-refractivity contribution in [1.82, 2.24) is 4.57 Å². The Hall–Kier alpha value is -0.765. The van der Waals surface area contributed by atoms with Gasteiger partial charge in [-0.05, 0) is 20.8 Å². The highest BCUT2D eigenvalue weighted by Gasteiger charge is 2.08. The van der Waals surface area contributed by atoms with E-state index < -0.39 is 0 Å². The molecule has 1 heterocycles. The van der Waals surface area contributed by atoms with Crippen molar-refractivity contribution < 1.29 is 9.71 Å². The number of aromatic nitrogens is 2. The third-order valence-corrected chi connectivity index (χ3v) is 1.54. The largest absolute Gasteiger partial charge is 0.536 e. The van der Waals surface area contributed by atoms with Crippen LogP contribution in [-0.4, -0.2) is 17.7 Å². The minimum absolute atomic E-state index is 0.253. The highest BCUT2D eigenvalue weighted by molar-refractivity contribution is 6.11. The van der Waals surface area contributed by atoms with E-state index in [0.717, 1.165) is 0 Å². The summed E-state index contributed by atoms with van der Waals surface area (Å²) in [5, 5.41) is 2.19. The summed E-state index contributed by atoms with van der Waals surface area (Å²) in [5.74, 6) is 0. The van der Waals surface area contributed by atoms with Crippen LogP contribution in [0.1, 0.15) is 20.8 Å². The van der Waals surface area contributed by atoms with E-state index >= 15 is 0 Å². The molecule has 1 aromatic rings. The molecule has 1 aromatic heterocycles. The Labute approximate surface area is 74.7 Å². The molecular weight excluding hydrogens is 149 g/mol. The van der Waals surface area contributed by atoms with Crippen LogP contribution in [-0.2, 0) is 7.05 Å². The molecule has 1 rings (SSSR count). The fourth-order valence-electron chi connectivity index (χ4n) is 0.867. The van der Waals surface area contributed by atoms with Gasteiger partial charge < -0.3 is 9.71 Å². The zero-order chi connectivity index (χ0) is 9.19. The zero-order valence-corrected chi connectivity index (χ0v) is 8.28. The van der Waals surface area contributed by atoms with Crippen molar-refractivity contribution in [2.24, 2.45) is 7.05 Å². The van der Waals surface area contributed by atoms with Crippen LogP contribution < -0.4 is 9.71 Å². The maximum atomic E-state index is 2.19. The van der Waals surface area contributed by atoms with Gasteiger partial charge in [-0.15, -0.1) is 0 Å². The smallest absolute Gasteiger partial charge is 0.279 e. The summed E-state index contributed by atoms with van der Waals surface area (Å²) >= 11 is 0. The monoisotopic (exact) mass is 166 g/mol. The molecule has 0 aliphatic rings. The Morgan fingerprint density at radius 1 is 1.42 bits per heavy atom. The second-order valence-corrected chi connectivity index (χ2v) is 4.21. The van der Waals surface area contributed by atoms with Gasteiger partial charge in [-0.25, -0.2) is 4.57 Å². The minimum atomic E-state index is 0.253. The lowest BCUT2D eigenvalue weighted by atomic mass is 10.0. The molecular formula is C8H17BN3+. The van der Waals surface area contributed by atoms with E-state index in [1.165, 1.54) is 0 Å². The van der Waals surface area contributed by atoms with Crippen LogP contribution >= 0.6 is 0 Å². The number of nitrogens with zero attached hydrogens (tertiary/aromatic N) is 2. The van der Waals surface area contributed by atoms with Gasteiger partial charge in [0.2, 0.25) is 0 Å². The summed E-state index contributed by atoms with van der Waals surface area (Å²) in [7, 11) is 4.10. The highest BCUT2D eigenvalue weighted by atomic mass is 15.1. The standard InChI is InChI=1S/C8H17BN3/c1-8(2,3)10-9-12-6-5-11(4)7-12/h5-7H,10H2,1-4H3/q+1. The molecule has 12 heavy (non-hydrogen) atoms. The molecule has 0 aromatic carbocycles. The van der Waals surface area contributed by atoms with Gasteiger partial charge in [0.15, 0.2) is 6.33 Å². The van der Waals surface area contributed by atoms with Crippen LogP contribution in [0.2, 0.25) is 0 Å². The summed E-state index contributed by atoms with van der Waals surface area (Å²) in [6.45, 7) is 6.56. The Balaban J connectivity index is 2.44. The summed E-state index contributed by atoms with van der Waals surface area (Å²) < 4.78 is 4.07. The van der Waals surface area contributed by atoms with E-state index in [9.17, 15) is 0 Å². The van der Waals surface area contributed by atoms with Crippen LogP contribution in [0, 0.1) is 0 Å². The lowest BCUT2D eigenvalue weighted by Gasteiger charge is -2.23. The zero-order valence-electron chi connectivity index (χ0n) is 8.28. The second-order valence-electron chi connectivity index (χ2n) is 4.21. The molecule has 0 aliphatic heterocycles. The van der Waals surface area contributed by atoms with Crippen molar-refractivity contribution in [3.8, 4) is 0 Å². The molecule has 3 nitrogen and oxygen atoms in total. The molecule has 0 aliphatic carbocycles. The van der Waals surface area contributed by atoms with Gasteiger partial charge in [0.25, 0.3) is 7.55 Å². The fraction of sp³-hybridized carbons (Fsp3) is 0.625. The summed E-state index contributed by atoms with van der Waals surface area (Å²) in [6.07, 6.45) is 6.08. The van der Waals surface area contributed by atoms with Crippen LogP contribution in [0.25, 0.3) is 0 Å². The molecule has 0 atom stereocenters. The topological polar surface area (TPSA) is 25.4 Å². The first-order valence-corrected chi connectivity index (χ1v) is 4.19. The van der Waals surface area contributed by atoms with E-state index in [0.29, 0.717) is 0 Å². The number of rotatable bonds is 2. The van der Waals surface area contributed by atoms with Crippen molar-refractivity contribution in [2.45, 2.75) is 26.3 Å². The number of hydrogen-bond acceptors (Lipinski definition) is 0. The van der Waals surface area contributed by atoms with Crippen molar-refractivity contribution in [2.75, 3.05) is 0 Å². The molecule has 0 bridgehead atoms. The van der Waals surface area contributed by atoms with Crippen LogP contribution in [0.5, 0.6) is 0 Å². The molecule has 0 saturated carbocycles. The number of aryl methyl sites for hydroxylation is 1. The second kappa shape index (κ2) is 3.31. The van der Waals surface area contributed by atoms with Crippen molar-refractivity contribution in [3.63, 3.8) is 0 Å². The number of hydrogen-bond donors (Lipinski definition) is 1. The first-order valence-electron chi connectivity index (χ1n) is 4.19. The van der Waals surface area contributed by atoms with Crippen LogP contribution in [0.3, 0.4) is 0 Å². The molecule has 0 saturated heterocycles. The first-order chi connectivity index (χ1) is 5.47. The fourth-order valence-corrected chi connectivity index (χ4v) is 0.867. The number of imidazole rings is 1. The van der Waals surface area contributed by atoms with E-state index in [1.54, 1.807) is 0 Å². The molecule has 2 radical (unpaired) electrons. The third-order valence-electron chi connectivity index (χ3n) is 1.54. The molecule has 4 heteroatoms. The molecule has 0 amide bonds. The van der Waals surface area contributed by atoms with Gasteiger partial charge in [0, 0.05) is 5.54 Å². The molecule has 2 N–H and O–H groups in total. The van der Waals surface area contributed by atoms with Crippen molar-refractivity contribution >= 4 is 7.55 Å². The van der Waals surface area contributed by atoms with Crippen LogP contribution in [0.15, 0.2) is 18.7 Å². The van der Waals surface area contributed by atoms with Gasteiger partial charge in [0.05, 0.1) is 13.2 Å². The average molecular weight is 166 g/mol. The molecule has 66 valence electrons. The lowest BCUT2D eigenvalue weighted by molar-refractivity contribution is -0.686. The average Bonchev–Trinajstić information content (AvgIpc) is 2.30. The summed E-state index contributed by atoms with van der Waals surface area (Å²) in [5.41, 5.74) is 0.253. The van der Waals surface area contributed by atoms with Gasteiger partial charge >= 0.3 is 0 Å². The van der Waals surface area contributed by atoms with Gasteiger partial charge in [0.1, 0.15) is 6.20 Å². The van der Waals surface area contributed by atoms with Gasteiger partial charge in [-0.3, -0.25) is 0 Å². The van der Waals surface area contributed by atoms with Crippen molar-refractivity contribution in [1.29, 1.82) is 0 Å². The van der Waals surface area contributed by atoms with Crippen molar-refractivity contribution in [3.05, 3.63) is 18.7 Å². The quantitative estimate of drug-likeness (QED) is 0.548. The molecule has 0 unspecified atom stereocenters. The Kier molecular flexibility index (Phi) is 2.57. The Morgan fingerprint density at radius 3 is 2.50 bits per heavy atom. The van der Waals surface area contributed by atoms with E-state index in [2.05, 4.69) is 33.5 Å². The Morgan fingerprint density at radius 2 is 2.08 bits per heavy atom. The SMILES string of the molecule is Cn1cc[n+]([B-][NH2+]C(C)(C)C)c1. The third kappa shape index (κ3) is 3.09. The summed E-state index contributed by atoms with van der Waals surface area (Å²) in [4.78, 5) is 0. The minimum Gasteiger partial charge on any atom is -0.536 e. The highest BCUT2D eigenvalue weighted by Crippen LogP contribution is 1.86. The normalized spacial score (nSPS) is 12.0. The van der Waals surface area contributed by atoms with E-state index in [4.69, 9.17) is 0 Å². The van der Waals surface area contributed by atoms with Gasteiger partial charge in [-0.1, -0.05) is 0 Å².